The third-order valence-electron chi connectivity index (χ3n) is 11.3. The molecule has 0 bridgehead atoms. The van der Waals surface area contributed by atoms with Crippen LogP contribution in [-0.4, -0.2) is 80.0 Å². The molecule has 12 nitrogen and oxygen atoms in total. The van der Waals surface area contributed by atoms with Crippen molar-refractivity contribution in [2.75, 3.05) is 33.3 Å². The van der Waals surface area contributed by atoms with Crippen LogP contribution in [0.25, 0.3) is 11.2 Å². The lowest BCUT2D eigenvalue weighted by Crippen LogP contribution is -2.50. The second-order valence-electron chi connectivity index (χ2n) is 15.8. The maximum atomic E-state index is 13.2. The molecule has 0 saturated carbocycles. The molecule has 0 aliphatic carbocycles. The highest BCUT2D eigenvalue weighted by atomic mass is 28.4. The fourth-order valence-corrected chi connectivity index (χ4v) is 8.48. The van der Waals surface area contributed by atoms with Gasteiger partial charge in [0, 0.05) is 12.7 Å². The number of rotatable bonds is 14. The van der Waals surface area contributed by atoms with Crippen molar-refractivity contribution in [2.45, 2.75) is 69.0 Å². The van der Waals surface area contributed by atoms with Crippen molar-refractivity contribution in [3.8, 4) is 11.5 Å². The van der Waals surface area contributed by atoms with Crippen LogP contribution >= 0.6 is 0 Å². The smallest absolute Gasteiger partial charge is 0.256 e. The largest absolute Gasteiger partial charge is 0.497 e. The summed E-state index contributed by atoms with van der Waals surface area (Å²) in [7, 11) is 2.54. The molecule has 0 spiro atoms. The molecule has 3 heterocycles. The molecule has 2 aromatic heterocycles. The zero-order chi connectivity index (χ0) is 41.1. The van der Waals surface area contributed by atoms with Crippen molar-refractivity contribution in [1.82, 2.24) is 19.5 Å². The number of hydrogen-bond donors (Lipinski definition) is 1. The van der Waals surface area contributed by atoms with Gasteiger partial charge in [0.1, 0.15) is 41.7 Å². The molecule has 1 aliphatic rings. The average Bonchev–Trinajstić information content (AvgIpc) is 3.83. The van der Waals surface area contributed by atoms with E-state index in [0.717, 1.165) is 28.2 Å². The molecule has 1 fully saturated rings. The van der Waals surface area contributed by atoms with Gasteiger partial charge in [-0.05, 0) is 71.2 Å². The zero-order valence-corrected chi connectivity index (χ0v) is 35.2. The molecule has 13 heteroatoms. The predicted octanol–water partition coefficient (Wildman–Crippen LogP) is 8.41. The third-order valence-corrected chi connectivity index (χ3v) is 15.8. The molecule has 1 amide bonds. The highest BCUT2D eigenvalue weighted by Crippen LogP contribution is 2.46. The molecule has 0 unspecified atom stereocenters. The van der Waals surface area contributed by atoms with E-state index < -0.39 is 38.5 Å². The van der Waals surface area contributed by atoms with E-state index in [9.17, 15) is 4.79 Å². The number of benzene rings is 4. The van der Waals surface area contributed by atoms with Crippen molar-refractivity contribution in [3.05, 3.63) is 144 Å². The first kappa shape index (κ1) is 40.7. The molecule has 1 aliphatic heterocycles. The van der Waals surface area contributed by atoms with Crippen LogP contribution in [0.4, 0.5) is 5.82 Å². The first-order valence-electron chi connectivity index (χ1n) is 19.3. The number of amides is 1. The molecule has 1 N–H and O–H groups in total. The van der Waals surface area contributed by atoms with Crippen LogP contribution in [0.3, 0.4) is 0 Å². The predicted molar refractivity (Wildman–Crippen MR) is 225 cm³/mol. The number of nitrogens with one attached hydrogen (secondary N) is 1. The lowest BCUT2D eigenvalue weighted by Gasteiger charge is -2.41. The number of aromatic nitrogens is 4. The van der Waals surface area contributed by atoms with Gasteiger partial charge in [0.05, 0.1) is 27.2 Å². The van der Waals surface area contributed by atoms with Crippen LogP contribution in [0.15, 0.2) is 122 Å². The van der Waals surface area contributed by atoms with Gasteiger partial charge < -0.3 is 33.4 Å². The Labute approximate surface area is 340 Å². The molecule has 4 atom stereocenters. The third kappa shape index (κ3) is 7.88. The van der Waals surface area contributed by atoms with Crippen molar-refractivity contribution in [3.63, 3.8) is 0 Å². The van der Waals surface area contributed by atoms with E-state index >= 15 is 0 Å². The summed E-state index contributed by atoms with van der Waals surface area (Å²) in [5.74, 6) is 1.43. The van der Waals surface area contributed by atoms with Gasteiger partial charge in [-0.25, -0.2) is 15.0 Å². The molecular formula is C45H51N5O7Si. The summed E-state index contributed by atoms with van der Waals surface area (Å²) in [5, 5.41) is 2.79. The van der Waals surface area contributed by atoms with Crippen LogP contribution in [0.5, 0.6) is 11.5 Å². The van der Waals surface area contributed by atoms with Gasteiger partial charge in [0.2, 0.25) is 0 Å². The average molecular weight is 802 g/mol. The number of fused-ring (bicyclic) bond motifs is 1. The van der Waals surface area contributed by atoms with Crippen molar-refractivity contribution in [1.29, 1.82) is 0 Å². The summed E-state index contributed by atoms with van der Waals surface area (Å²) < 4.78 is 40.9. The number of anilines is 1. The fourth-order valence-electron chi connectivity index (χ4n) is 7.16. The van der Waals surface area contributed by atoms with E-state index in [2.05, 4.69) is 66.3 Å². The van der Waals surface area contributed by atoms with Gasteiger partial charge in [0.15, 0.2) is 31.5 Å². The number of carbonyl (C=O) groups is 1. The summed E-state index contributed by atoms with van der Waals surface area (Å²) in [6.07, 6.45) is 0.571. The molecule has 7 rings (SSSR count). The topological polar surface area (TPSA) is 128 Å². The lowest BCUT2D eigenvalue weighted by atomic mass is 9.80. The number of carbonyl (C=O) groups excluding carboxylic acids is 1. The number of methoxy groups -OCH3 is 3. The number of hydrogen-bond acceptors (Lipinski definition) is 10. The standard InChI is InChI=1S/C45H51N5O7Si/c1-44(2,3)58(7,8)57-38-36(56-43(39(38)54-6)50-29-48-37-40(46-28-47-41(37)50)49-42(51)30-15-11-9-12-16-30)27-55-45(31-17-13-10-14-18-31,32-19-23-34(52-4)24-20-32)33-21-25-35(53-5)26-22-33/h9-26,28-29,36,38-39,43H,27H2,1-8H3,(H,46,47,49,51)/t36-,38-,39-,43-/m1/s1. The zero-order valence-electron chi connectivity index (χ0n) is 34.2. The van der Waals surface area contributed by atoms with Gasteiger partial charge in [-0.15, -0.1) is 0 Å². The van der Waals surface area contributed by atoms with E-state index in [4.69, 9.17) is 28.1 Å². The van der Waals surface area contributed by atoms with Crippen LogP contribution in [0.2, 0.25) is 18.1 Å². The second kappa shape index (κ2) is 16.8. The summed E-state index contributed by atoms with van der Waals surface area (Å²) in [6, 6.07) is 35.0. The van der Waals surface area contributed by atoms with Gasteiger partial charge >= 0.3 is 0 Å². The Balaban J connectivity index is 1.30. The van der Waals surface area contributed by atoms with Crippen molar-refractivity contribution in [2.24, 2.45) is 0 Å². The summed E-state index contributed by atoms with van der Waals surface area (Å²) in [6.45, 7) is 11.2. The minimum atomic E-state index is -2.43. The normalized spacial score (nSPS) is 18.6. The Bertz CT molecular complexity index is 2250. The van der Waals surface area contributed by atoms with Gasteiger partial charge in [-0.2, -0.15) is 0 Å². The van der Waals surface area contributed by atoms with E-state index in [1.165, 1.54) is 6.33 Å². The molecule has 6 aromatic rings. The second-order valence-corrected chi connectivity index (χ2v) is 20.5. The van der Waals surface area contributed by atoms with Gasteiger partial charge in [-0.3, -0.25) is 9.36 Å². The minimum absolute atomic E-state index is 0.114. The highest BCUT2D eigenvalue weighted by Gasteiger charge is 2.52. The SMILES string of the molecule is COc1ccc(C(OC[C@H]2O[C@@H](n3cnc4c(NC(=O)c5ccccc5)ncnc43)[C@H](OC)[C@@H]2O[Si](C)(C)C(C)(C)C)(c2ccccc2)c2ccc(OC)cc2)cc1. The number of ether oxygens (including phenoxy) is 5. The first-order valence-corrected chi connectivity index (χ1v) is 22.2. The van der Waals surface area contributed by atoms with Crippen molar-refractivity contribution >= 4 is 31.2 Å². The fraction of sp³-hybridized carbons (Fsp3) is 0.333. The summed E-state index contributed by atoms with van der Waals surface area (Å²) >= 11 is 0. The Morgan fingerprint density at radius 3 is 1.88 bits per heavy atom. The molecule has 302 valence electrons. The monoisotopic (exact) mass is 801 g/mol. The maximum Gasteiger partial charge on any atom is 0.256 e. The van der Waals surface area contributed by atoms with Crippen LogP contribution in [0, 0.1) is 0 Å². The van der Waals surface area contributed by atoms with Crippen molar-refractivity contribution < 1.29 is 32.9 Å². The van der Waals surface area contributed by atoms with Gasteiger partial charge in [0.25, 0.3) is 5.91 Å². The Morgan fingerprint density at radius 1 is 0.759 bits per heavy atom. The van der Waals surface area contributed by atoms with Gasteiger partial charge in [-0.1, -0.05) is 93.6 Å². The van der Waals surface area contributed by atoms with E-state index in [1.807, 2.05) is 89.5 Å². The summed E-state index contributed by atoms with van der Waals surface area (Å²) in [4.78, 5) is 26.8. The number of imidazole rings is 1. The quantitative estimate of drug-likeness (QED) is 0.0847. The molecule has 58 heavy (non-hydrogen) atoms. The highest BCUT2D eigenvalue weighted by molar-refractivity contribution is 6.74. The Kier molecular flexibility index (Phi) is 11.8. The Hall–Kier alpha value is -5.44. The van der Waals surface area contributed by atoms with Crippen LogP contribution in [0.1, 0.15) is 54.0 Å². The van der Waals surface area contributed by atoms with Crippen LogP contribution in [-0.2, 0) is 24.2 Å². The lowest BCUT2D eigenvalue weighted by molar-refractivity contribution is -0.0939. The van der Waals surface area contributed by atoms with E-state index in [1.54, 1.807) is 39.8 Å². The van der Waals surface area contributed by atoms with E-state index in [-0.39, 0.29) is 23.4 Å². The minimum Gasteiger partial charge on any atom is -0.497 e. The maximum absolute atomic E-state index is 13.2. The summed E-state index contributed by atoms with van der Waals surface area (Å²) in [5.41, 5.74) is 3.00. The molecule has 4 aromatic carbocycles. The molecular weight excluding hydrogens is 751 g/mol. The Morgan fingerprint density at radius 2 is 1.33 bits per heavy atom. The van der Waals surface area contributed by atoms with Crippen LogP contribution < -0.4 is 14.8 Å². The molecule has 0 radical (unpaired) electrons. The van der Waals surface area contributed by atoms with E-state index in [0.29, 0.717) is 16.7 Å². The number of nitrogens with zero attached hydrogens (tertiary/aromatic N) is 4. The first-order chi connectivity index (χ1) is 27.9. The molecule has 1 saturated heterocycles.